The summed E-state index contributed by atoms with van der Waals surface area (Å²) >= 11 is 0. The third-order valence-corrected chi connectivity index (χ3v) is 2.58. The van der Waals surface area contributed by atoms with E-state index in [1.165, 1.54) is 12.8 Å². The molecule has 2 unspecified atom stereocenters. The highest BCUT2D eigenvalue weighted by Crippen LogP contribution is 2.16. The van der Waals surface area contributed by atoms with Gasteiger partial charge >= 0.3 is 0 Å². The standard InChI is InChI=1S/C13H22N2O/c1-4-5-10(2)9-16-13-8-12(11(3)14)6-7-15-13/h6-8,10-11H,4-5,9,14H2,1-3H3. The lowest BCUT2D eigenvalue weighted by atomic mass is 10.1. The topological polar surface area (TPSA) is 48.1 Å². The molecule has 3 heteroatoms. The lowest BCUT2D eigenvalue weighted by Crippen LogP contribution is -2.10. The molecular formula is C13H22N2O. The molecule has 1 heterocycles. The summed E-state index contributed by atoms with van der Waals surface area (Å²) in [6, 6.07) is 3.87. The summed E-state index contributed by atoms with van der Waals surface area (Å²) in [5.74, 6) is 1.25. The molecule has 0 radical (unpaired) electrons. The first-order valence-electron chi connectivity index (χ1n) is 5.97. The van der Waals surface area contributed by atoms with Gasteiger partial charge in [-0.2, -0.15) is 0 Å². The molecule has 1 aromatic heterocycles. The SMILES string of the molecule is CCCC(C)COc1cc(C(C)N)ccn1. The Kier molecular flexibility index (Phi) is 5.26. The predicted octanol–water partition coefficient (Wildman–Crippen LogP) is 2.92. The van der Waals surface area contributed by atoms with Crippen LogP contribution in [0.15, 0.2) is 18.3 Å². The maximum Gasteiger partial charge on any atom is 0.213 e. The van der Waals surface area contributed by atoms with Crippen LogP contribution in [0.5, 0.6) is 5.88 Å². The molecule has 2 atom stereocenters. The Hall–Kier alpha value is -1.09. The molecule has 0 aliphatic rings. The van der Waals surface area contributed by atoms with Crippen molar-refractivity contribution in [2.45, 2.75) is 39.7 Å². The second kappa shape index (κ2) is 6.48. The third-order valence-electron chi connectivity index (χ3n) is 2.58. The van der Waals surface area contributed by atoms with Crippen LogP contribution in [0.4, 0.5) is 0 Å². The lowest BCUT2D eigenvalue weighted by molar-refractivity contribution is 0.243. The maximum atomic E-state index is 5.80. The molecule has 16 heavy (non-hydrogen) atoms. The highest BCUT2D eigenvalue weighted by Gasteiger charge is 2.05. The molecule has 0 aliphatic carbocycles. The number of aromatic nitrogens is 1. The molecule has 90 valence electrons. The van der Waals surface area contributed by atoms with Crippen LogP contribution in [0, 0.1) is 5.92 Å². The summed E-state index contributed by atoms with van der Waals surface area (Å²) < 4.78 is 5.64. The van der Waals surface area contributed by atoms with Crippen LogP contribution in [0.25, 0.3) is 0 Å². The number of hydrogen-bond acceptors (Lipinski definition) is 3. The maximum absolute atomic E-state index is 5.80. The van der Waals surface area contributed by atoms with Gasteiger partial charge in [-0.1, -0.05) is 20.3 Å². The van der Waals surface area contributed by atoms with Gasteiger partial charge < -0.3 is 10.5 Å². The first-order chi connectivity index (χ1) is 7.63. The van der Waals surface area contributed by atoms with Gasteiger partial charge in [-0.3, -0.25) is 0 Å². The largest absolute Gasteiger partial charge is 0.477 e. The summed E-state index contributed by atoms with van der Waals surface area (Å²) in [5, 5.41) is 0. The smallest absolute Gasteiger partial charge is 0.213 e. The average molecular weight is 222 g/mol. The van der Waals surface area contributed by atoms with E-state index in [2.05, 4.69) is 18.8 Å². The zero-order chi connectivity index (χ0) is 12.0. The van der Waals surface area contributed by atoms with Crippen molar-refractivity contribution >= 4 is 0 Å². The van der Waals surface area contributed by atoms with Crippen molar-refractivity contribution in [1.29, 1.82) is 0 Å². The van der Waals surface area contributed by atoms with Gasteiger partial charge in [0.2, 0.25) is 5.88 Å². The van der Waals surface area contributed by atoms with Gasteiger partial charge in [0.15, 0.2) is 0 Å². The number of nitrogens with two attached hydrogens (primary N) is 1. The quantitative estimate of drug-likeness (QED) is 0.805. The second-order valence-corrected chi connectivity index (χ2v) is 4.42. The molecule has 0 aromatic carbocycles. The van der Waals surface area contributed by atoms with E-state index in [9.17, 15) is 0 Å². The van der Waals surface area contributed by atoms with Crippen LogP contribution in [-0.4, -0.2) is 11.6 Å². The Bertz CT molecular complexity index is 313. The van der Waals surface area contributed by atoms with Crippen molar-refractivity contribution in [2.24, 2.45) is 11.7 Å². The summed E-state index contributed by atoms with van der Waals surface area (Å²) in [7, 11) is 0. The molecule has 2 N–H and O–H groups in total. The molecule has 0 amide bonds. The minimum absolute atomic E-state index is 0.0263. The van der Waals surface area contributed by atoms with Gasteiger partial charge in [-0.15, -0.1) is 0 Å². The third kappa shape index (κ3) is 4.19. The molecule has 0 aliphatic heterocycles. The van der Waals surface area contributed by atoms with E-state index < -0.39 is 0 Å². The van der Waals surface area contributed by atoms with E-state index in [1.807, 2.05) is 19.1 Å². The number of rotatable bonds is 6. The van der Waals surface area contributed by atoms with Gasteiger partial charge in [-0.25, -0.2) is 4.98 Å². The summed E-state index contributed by atoms with van der Waals surface area (Å²) in [6.45, 7) is 7.06. The van der Waals surface area contributed by atoms with E-state index >= 15 is 0 Å². The molecule has 0 bridgehead atoms. The van der Waals surface area contributed by atoms with Crippen LogP contribution in [0.1, 0.15) is 45.2 Å². The van der Waals surface area contributed by atoms with E-state index in [-0.39, 0.29) is 6.04 Å². The summed E-state index contributed by atoms with van der Waals surface area (Å²) in [6.07, 6.45) is 4.13. The minimum Gasteiger partial charge on any atom is -0.477 e. The van der Waals surface area contributed by atoms with Gasteiger partial charge in [-0.05, 0) is 30.9 Å². The molecule has 0 saturated carbocycles. The Morgan fingerprint density at radius 3 is 2.81 bits per heavy atom. The van der Waals surface area contributed by atoms with Crippen molar-refractivity contribution in [3.05, 3.63) is 23.9 Å². The van der Waals surface area contributed by atoms with Crippen molar-refractivity contribution in [3.8, 4) is 5.88 Å². The van der Waals surface area contributed by atoms with Crippen molar-refractivity contribution in [2.75, 3.05) is 6.61 Å². The van der Waals surface area contributed by atoms with Gasteiger partial charge in [0, 0.05) is 18.3 Å². The molecular weight excluding hydrogens is 200 g/mol. The van der Waals surface area contributed by atoms with E-state index in [0.29, 0.717) is 11.8 Å². The fourth-order valence-corrected chi connectivity index (χ4v) is 1.59. The van der Waals surface area contributed by atoms with E-state index in [4.69, 9.17) is 10.5 Å². The minimum atomic E-state index is 0.0263. The Morgan fingerprint density at radius 1 is 1.44 bits per heavy atom. The highest BCUT2D eigenvalue weighted by molar-refractivity contribution is 5.22. The van der Waals surface area contributed by atoms with Gasteiger partial charge in [0.05, 0.1) is 6.61 Å². The normalized spacial score (nSPS) is 14.5. The summed E-state index contributed by atoms with van der Waals surface area (Å²) in [5.41, 5.74) is 6.87. The van der Waals surface area contributed by atoms with Crippen molar-refractivity contribution in [1.82, 2.24) is 4.98 Å². The molecule has 0 fully saturated rings. The highest BCUT2D eigenvalue weighted by atomic mass is 16.5. The molecule has 0 saturated heterocycles. The van der Waals surface area contributed by atoms with Crippen molar-refractivity contribution in [3.63, 3.8) is 0 Å². The monoisotopic (exact) mass is 222 g/mol. The van der Waals surface area contributed by atoms with E-state index in [1.54, 1.807) is 6.20 Å². The molecule has 1 rings (SSSR count). The summed E-state index contributed by atoms with van der Waals surface area (Å²) in [4.78, 5) is 4.18. The molecule has 1 aromatic rings. The number of nitrogens with zero attached hydrogens (tertiary/aromatic N) is 1. The lowest BCUT2D eigenvalue weighted by Gasteiger charge is -2.12. The zero-order valence-corrected chi connectivity index (χ0v) is 10.4. The van der Waals surface area contributed by atoms with Crippen LogP contribution < -0.4 is 10.5 Å². The van der Waals surface area contributed by atoms with Crippen LogP contribution in [-0.2, 0) is 0 Å². The van der Waals surface area contributed by atoms with Crippen LogP contribution in [0.2, 0.25) is 0 Å². The van der Waals surface area contributed by atoms with Crippen LogP contribution >= 0.6 is 0 Å². The second-order valence-electron chi connectivity index (χ2n) is 4.42. The fourth-order valence-electron chi connectivity index (χ4n) is 1.59. The van der Waals surface area contributed by atoms with Crippen LogP contribution in [0.3, 0.4) is 0 Å². The Labute approximate surface area is 98.0 Å². The van der Waals surface area contributed by atoms with Crippen molar-refractivity contribution < 1.29 is 4.74 Å². The first-order valence-corrected chi connectivity index (χ1v) is 5.97. The fraction of sp³-hybridized carbons (Fsp3) is 0.615. The average Bonchev–Trinajstić information content (AvgIpc) is 2.27. The number of hydrogen-bond donors (Lipinski definition) is 1. The number of ether oxygens (including phenoxy) is 1. The Morgan fingerprint density at radius 2 is 2.19 bits per heavy atom. The van der Waals surface area contributed by atoms with E-state index in [0.717, 1.165) is 12.2 Å². The molecule has 3 nitrogen and oxygen atoms in total. The predicted molar refractivity (Wildman–Crippen MR) is 66.4 cm³/mol. The van der Waals surface area contributed by atoms with Gasteiger partial charge in [0.25, 0.3) is 0 Å². The zero-order valence-electron chi connectivity index (χ0n) is 10.4. The number of pyridine rings is 1. The molecule has 0 spiro atoms. The first kappa shape index (κ1) is 13.0. The van der Waals surface area contributed by atoms with Gasteiger partial charge in [0.1, 0.15) is 0 Å². The Balaban J connectivity index is 2.50.